The topological polar surface area (TPSA) is 26.3 Å². The van der Waals surface area contributed by atoms with Crippen LogP contribution in [0.5, 0.6) is 0 Å². The highest BCUT2D eigenvalue weighted by Gasteiger charge is 2.34. The average Bonchev–Trinajstić information content (AvgIpc) is 2.04. The fourth-order valence-corrected chi connectivity index (χ4v) is 1.61. The second-order valence-electron chi connectivity index (χ2n) is 3.37. The molecule has 1 aliphatic rings. The van der Waals surface area contributed by atoms with Gasteiger partial charge < -0.3 is 21.7 Å². The van der Waals surface area contributed by atoms with Crippen molar-refractivity contribution in [1.82, 2.24) is 0 Å². The van der Waals surface area contributed by atoms with Crippen LogP contribution >= 0.6 is 0 Å². The first-order valence-corrected chi connectivity index (χ1v) is 4.12. The molecule has 0 aromatic heterocycles. The number of quaternary nitrogens is 1. The van der Waals surface area contributed by atoms with Gasteiger partial charge in [-0.25, -0.2) is 4.48 Å². The summed E-state index contributed by atoms with van der Waals surface area (Å²) in [6.07, 6.45) is 3.45. The summed E-state index contributed by atoms with van der Waals surface area (Å²) in [6, 6.07) is 0. The van der Waals surface area contributed by atoms with Crippen molar-refractivity contribution < 1.29 is 31.0 Å². The summed E-state index contributed by atoms with van der Waals surface area (Å²) in [7, 11) is 3.41. The molecule has 3 nitrogen and oxygen atoms in total. The quantitative estimate of drug-likeness (QED) is 0.474. The number of amides is 1. The van der Waals surface area contributed by atoms with Gasteiger partial charge in [-0.3, -0.25) is 0 Å². The fraction of sp³-hybridized carbons (Fsp3) is 0.875. The third-order valence-corrected chi connectivity index (χ3v) is 2.42. The van der Waals surface area contributed by atoms with Crippen LogP contribution in [0.2, 0.25) is 0 Å². The summed E-state index contributed by atoms with van der Waals surface area (Å²) in [5.41, 5.74) is 0. The largest absolute Gasteiger partial charge is 1.00 e. The molecule has 12 heavy (non-hydrogen) atoms. The predicted molar refractivity (Wildman–Crippen MR) is 42.2 cm³/mol. The van der Waals surface area contributed by atoms with E-state index in [0.717, 1.165) is 25.9 Å². The highest BCUT2D eigenvalue weighted by atomic mass is 79.9. The highest BCUT2D eigenvalue weighted by molar-refractivity contribution is 5.59. The monoisotopic (exact) mass is 237 g/mol. The second kappa shape index (κ2) is 4.82. The molecular formula is C8H16BrNO2. The van der Waals surface area contributed by atoms with Gasteiger partial charge in [-0.15, -0.1) is 0 Å². The molecule has 0 atom stereocenters. The molecule has 1 rings (SSSR count). The van der Waals surface area contributed by atoms with E-state index in [1.165, 1.54) is 13.5 Å². The molecule has 72 valence electrons. The maximum atomic E-state index is 11.2. The zero-order valence-corrected chi connectivity index (χ0v) is 9.26. The number of carbonyl (C=O) groups excluding carboxylic acids is 1. The van der Waals surface area contributed by atoms with Gasteiger partial charge in [-0.05, 0) is 19.3 Å². The fourth-order valence-electron chi connectivity index (χ4n) is 1.61. The molecular weight excluding hydrogens is 222 g/mol. The minimum atomic E-state index is -0.0929. The van der Waals surface area contributed by atoms with E-state index in [-0.39, 0.29) is 23.1 Å². The lowest BCUT2D eigenvalue weighted by Gasteiger charge is -2.32. The third kappa shape index (κ3) is 2.45. The van der Waals surface area contributed by atoms with E-state index in [0.29, 0.717) is 4.48 Å². The van der Waals surface area contributed by atoms with Crippen molar-refractivity contribution in [3.05, 3.63) is 0 Å². The first-order chi connectivity index (χ1) is 5.19. The zero-order valence-electron chi connectivity index (χ0n) is 7.68. The van der Waals surface area contributed by atoms with Crippen molar-refractivity contribution in [3.63, 3.8) is 0 Å². The lowest BCUT2D eigenvalue weighted by atomic mass is 10.1. The Hall–Kier alpha value is -0.0900. The van der Waals surface area contributed by atoms with Crippen LogP contribution in [-0.2, 0) is 4.74 Å². The van der Waals surface area contributed by atoms with Crippen molar-refractivity contribution in [2.24, 2.45) is 0 Å². The Morgan fingerprint density at radius 1 is 1.25 bits per heavy atom. The van der Waals surface area contributed by atoms with E-state index in [1.54, 1.807) is 0 Å². The van der Waals surface area contributed by atoms with E-state index in [9.17, 15) is 4.79 Å². The number of likely N-dealkylation sites (tertiary alicyclic amines) is 1. The SMILES string of the molecule is COC(=O)[N+]1(C)CCCCC1.[Br-]. The second-order valence-corrected chi connectivity index (χ2v) is 3.37. The van der Waals surface area contributed by atoms with Crippen molar-refractivity contribution in [1.29, 1.82) is 0 Å². The first kappa shape index (κ1) is 11.9. The van der Waals surface area contributed by atoms with Crippen molar-refractivity contribution in [2.45, 2.75) is 19.3 Å². The standard InChI is InChI=1S/C8H16NO2.BrH/c1-9(8(10)11-2)6-4-3-5-7-9;/h3-7H2,1-2H3;1H/q+1;/p-1. The lowest BCUT2D eigenvalue weighted by Crippen LogP contribution is -3.00. The van der Waals surface area contributed by atoms with E-state index >= 15 is 0 Å². The molecule has 0 unspecified atom stereocenters. The summed E-state index contributed by atoms with van der Waals surface area (Å²) in [5.74, 6) is 0. The van der Waals surface area contributed by atoms with Gasteiger partial charge in [-0.2, -0.15) is 4.79 Å². The Bertz CT molecular complexity index is 155. The number of nitrogens with zero attached hydrogens (tertiary/aromatic N) is 1. The third-order valence-electron chi connectivity index (χ3n) is 2.42. The molecule has 0 aliphatic carbocycles. The van der Waals surface area contributed by atoms with Crippen molar-refractivity contribution in [2.75, 3.05) is 27.2 Å². The molecule has 0 aromatic rings. The molecule has 1 amide bonds. The summed E-state index contributed by atoms with van der Waals surface area (Å²) in [5, 5.41) is 0. The number of carbonyl (C=O) groups is 1. The minimum Gasteiger partial charge on any atom is -1.00 e. The number of rotatable bonds is 0. The van der Waals surface area contributed by atoms with E-state index in [4.69, 9.17) is 4.74 Å². The Morgan fingerprint density at radius 2 is 1.75 bits per heavy atom. The Kier molecular flexibility index (Phi) is 4.78. The molecule has 0 spiro atoms. The van der Waals surface area contributed by atoms with Gasteiger partial charge in [0.05, 0.1) is 27.2 Å². The Morgan fingerprint density at radius 3 is 2.17 bits per heavy atom. The number of hydrogen-bond donors (Lipinski definition) is 0. The number of methoxy groups -OCH3 is 1. The Labute approximate surface area is 84.0 Å². The van der Waals surface area contributed by atoms with Crippen molar-refractivity contribution >= 4 is 6.09 Å². The van der Waals surface area contributed by atoms with Crippen LogP contribution in [0, 0.1) is 0 Å². The van der Waals surface area contributed by atoms with Gasteiger partial charge in [0.25, 0.3) is 0 Å². The normalized spacial score (nSPS) is 20.8. The van der Waals surface area contributed by atoms with Gasteiger partial charge >= 0.3 is 6.09 Å². The van der Waals surface area contributed by atoms with Gasteiger partial charge in [-0.1, -0.05) is 0 Å². The van der Waals surface area contributed by atoms with Crippen LogP contribution in [0.4, 0.5) is 4.79 Å². The lowest BCUT2D eigenvalue weighted by molar-refractivity contribution is -0.842. The van der Waals surface area contributed by atoms with Crippen LogP contribution in [0.15, 0.2) is 0 Å². The maximum absolute atomic E-state index is 11.2. The smallest absolute Gasteiger partial charge is 0.515 e. The number of ether oxygens (including phenoxy) is 1. The summed E-state index contributed by atoms with van der Waals surface area (Å²) >= 11 is 0. The number of halogens is 1. The molecule has 0 saturated carbocycles. The maximum Gasteiger partial charge on any atom is 0.515 e. The molecule has 1 fully saturated rings. The highest BCUT2D eigenvalue weighted by Crippen LogP contribution is 2.17. The van der Waals surface area contributed by atoms with Crippen LogP contribution in [0.1, 0.15) is 19.3 Å². The van der Waals surface area contributed by atoms with Gasteiger partial charge in [0, 0.05) is 0 Å². The summed E-state index contributed by atoms with van der Waals surface area (Å²) < 4.78 is 5.19. The first-order valence-electron chi connectivity index (χ1n) is 4.12. The van der Waals surface area contributed by atoms with Crippen molar-refractivity contribution in [3.8, 4) is 0 Å². The van der Waals surface area contributed by atoms with Crippen LogP contribution in [0.3, 0.4) is 0 Å². The van der Waals surface area contributed by atoms with Gasteiger partial charge in [0.15, 0.2) is 0 Å². The molecule has 1 heterocycles. The summed E-state index contributed by atoms with van der Waals surface area (Å²) in [6.45, 7) is 1.87. The van der Waals surface area contributed by atoms with Crippen LogP contribution < -0.4 is 17.0 Å². The average molecular weight is 238 g/mol. The molecule has 4 heteroatoms. The minimum absolute atomic E-state index is 0. The van der Waals surface area contributed by atoms with E-state index in [2.05, 4.69) is 0 Å². The van der Waals surface area contributed by atoms with Gasteiger partial charge in [0.2, 0.25) is 0 Å². The Balaban J connectivity index is 0.00000121. The predicted octanol–water partition coefficient (Wildman–Crippen LogP) is -1.61. The molecule has 1 aliphatic heterocycles. The van der Waals surface area contributed by atoms with Crippen LogP contribution in [-0.4, -0.2) is 37.8 Å². The number of hydrogen-bond acceptors (Lipinski definition) is 2. The summed E-state index contributed by atoms with van der Waals surface area (Å²) in [4.78, 5) is 11.2. The van der Waals surface area contributed by atoms with E-state index < -0.39 is 0 Å². The van der Waals surface area contributed by atoms with Crippen LogP contribution in [0.25, 0.3) is 0 Å². The van der Waals surface area contributed by atoms with Gasteiger partial charge in [0.1, 0.15) is 0 Å². The molecule has 1 saturated heterocycles. The molecule has 0 aromatic carbocycles. The number of piperidine rings is 1. The van der Waals surface area contributed by atoms with E-state index in [1.807, 2.05) is 7.05 Å². The zero-order chi connectivity index (χ0) is 8.32. The molecule has 0 bridgehead atoms. The molecule has 0 radical (unpaired) electrons. The molecule has 0 N–H and O–H groups in total.